The summed E-state index contributed by atoms with van der Waals surface area (Å²) in [6.45, 7) is 0.793. The van der Waals surface area contributed by atoms with Crippen LogP contribution in [-0.2, 0) is 6.54 Å². The second-order valence-corrected chi connectivity index (χ2v) is 6.49. The molecule has 1 aliphatic heterocycles. The third-order valence-corrected chi connectivity index (χ3v) is 4.86. The first-order chi connectivity index (χ1) is 9.72. The molecule has 0 aromatic heterocycles. The van der Waals surface area contributed by atoms with E-state index in [0.29, 0.717) is 11.8 Å². The lowest BCUT2D eigenvalue weighted by Crippen LogP contribution is -2.24. The Morgan fingerprint density at radius 2 is 2.00 bits per heavy atom. The standard InChI is InChI=1S/C16H16ClNOS/c17-12-3-6-16-14(9-12)15(7-8-20-16)18-10-11-1-4-13(19)5-2-11/h1-6,9,15,18-19H,7-8,10H2. The van der Waals surface area contributed by atoms with Gasteiger partial charge in [-0.2, -0.15) is 0 Å². The Morgan fingerprint density at radius 1 is 1.20 bits per heavy atom. The van der Waals surface area contributed by atoms with Crippen molar-refractivity contribution in [3.05, 3.63) is 58.6 Å². The minimum absolute atomic E-state index is 0.306. The molecule has 0 amide bonds. The van der Waals surface area contributed by atoms with Gasteiger partial charge in [0.15, 0.2) is 0 Å². The molecule has 0 fully saturated rings. The number of phenolic OH excluding ortho intramolecular Hbond substituents is 1. The van der Waals surface area contributed by atoms with E-state index >= 15 is 0 Å². The molecule has 0 aliphatic carbocycles. The second-order valence-electron chi connectivity index (χ2n) is 4.92. The molecule has 0 spiro atoms. The van der Waals surface area contributed by atoms with Crippen LogP contribution in [-0.4, -0.2) is 10.9 Å². The van der Waals surface area contributed by atoms with Gasteiger partial charge in [-0.15, -0.1) is 11.8 Å². The molecule has 4 heteroatoms. The SMILES string of the molecule is Oc1ccc(CNC2CCSc3ccc(Cl)cc32)cc1. The number of hydrogen-bond acceptors (Lipinski definition) is 3. The Kier molecular flexibility index (Phi) is 4.20. The van der Waals surface area contributed by atoms with Crippen molar-refractivity contribution in [1.82, 2.24) is 5.32 Å². The molecule has 0 bridgehead atoms. The average Bonchev–Trinajstić information content (AvgIpc) is 2.47. The van der Waals surface area contributed by atoms with Crippen molar-refractivity contribution >= 4 is 23.4 Å². The van der Waals surface area contributed by atoms with Gasteiger partial charge in [-0.1, -0.05) is 23.7 Å². The topological polar surface area (TPSA) is 32.3 Å². The van der Waals surface area contributed by atoms with Gasteiger partial charge in [-0.3, -0.25) is 0 Å². The van der Waals surface area contributed by atoms with Crippen molar-refractivity contribution in [2.45, 2.75) is 23.9 Å². The lowest BCUT2D eigenvalue weighted by atomic mass is 10.0. The van der Waals surface area contributed by atoms with E-state index in [1.807, 2.05) is 30.0 Å². The van der Waals surface area contributed by atoms with Crippen LogP contribution in [0.1, 0.15) is 23.6 Å². The maximum absolute atomic E-state index is 9.30. The Bertz CT molecular complexity index is 600. The molecule has 20 heavy (non-hydrogen) atoms. The minimum atomic E-state index is 0.306. The van der Waals surface area contributed by atoms with Crippen molar-refractivity contribution in [2.75, 3.05) is 5.75 Å². The maximum atomic E-state index is 9.30. The van der Waals surface area contributed by atoms with E-state index in [4.69, 9.17) is 11.6 Å². The number of thioether (sulfide) groups is 1. The summed E-state index contributed by atoms with van der Waals surface area (Å²) in [4.78, 5) is 1.32. The van der Waals surface area contributed by atoms with Crippen LogP contribution in [0.5, 0.6) is 5.75 Å². The quantitative estimate of drug-likeness (QED) is 0.883. The zero-order chi connectivity index (χ0) is 13.9. The summed E-state index contributed by atoms with van der Waals surface area (Å²) in [5.74, 6) is 1.43. The van der Waals surface area contributed by atoms with Crippen LogP contribution in [0.4, 0.5) is 0 Å². The summed E-state index contributed by atoms with van der Waals surface area (Å²) in [5.41, 5.74) is 2.47. The van der Waals surface area contributed by atoms with E-state index in [2.05, 4.69) is 17.4 Å². The number of hydrogen-bond donors (Lipinski definition) is 2. The fraction of sp³-hybridized carbons (Fsp3) is 0.250. The summed E-state index contributed by atoms with van der Waals surface area (Å²) < 4.78 is 0. The third kappa shape index (κ3) is 3.11. The number of benzene rings is 2. The van der Waals surface area contributed by atoms with E-state index < -0.39 is 0 Å². The van der Waals surface area contributed by atoms with Crippen molar-refractivity contribution < 1.29 is 5.11 Å². The number of aromatic hydroxyl groups is 1. The maximum Gasteiger partial charge on any atom is 0.115 e. The lowest BCUT2D eigenvalue weighted by molar-refractivity contribution is 0.474. The number of halogens is 1. The largest absolute Gasteiger partial charge is 0.508 e. The predicted octanol–water partition coefficient (Wildman–Crippen LogP) is 4.37. The normalized spacial score (nSPS) is 17.8. The fourth-order valence-electron chi connectivity index (χ4n) is 2.43. The smallest absolute Gasteiger partial charge is 0.115 e. The zero-order valence-electron chi connectivity index (χ0n) is 11.0. The van der Waals surface area contributed by atoms with Crippen molar-refractivity contribution in [2.24, 2.45) is 0 Å². The molecule has 2 aromatic carbocycles. The van der Waals surface area contributed by atoms with Crippen LogP contribution >= 0.6 is 23.4 Å². The molecule has 0 saturated heterocycles. The highest BCUT2D eigenvalue weighted by molar-refractivity contribution is 7.99. The summed E-state index contributed by atoms with van der Waals surface area (Å²) in [6, 6.07) is 13.8. The van der Waals surface area contributed by atoms with Crippen molar-refractivity contribution in [1.29, 1.82) is 0 Å². The van der Waals surface area contributed by atoms with Crippen molar-refractivity contribution in [3.63, 3.8) is 0 Å². The molecule has 0 saturated carbocycles. The molecule has 1 heterocycles. The van der Waals surface area contributed by atoms with Gasteiger partial charge in [-0.05, 0) is 53.6 Å². The lowest BCUT2D eigenvalue weighted by Gasteiger charge is -2.26. The molecule has 2 nitrogen and oxygen atoms in total. The number of fused-ring (bicyclic) bond motifs is 1. The number of phenols is 1. The fourth-order valence-corrected chi connectivity index (χ4v) is 3.72. The second kappa shape index (κ2) is 6.08. The van der Waals surface area contributed by atoms with Crippen LogP contribution in [0, 0.1) is 0 Å². The van der Waals surface area contributed by atoms with Crippen LogP contribution in [0.3, 0.4) is 0 Å². The van der Waals surface area contributed by atoms with Crippen LogP contribution in [0.25, 0.3) is 0 Å². The van der Waals surface area contributed by atoms with Gasteiger partial charge in [0.05, 0.1) is 0 Å². The van der Waals surface area contributed by atoms with Gasteiger partial charge in [0, 0.05) is 22.5 Å². The third-order valence-electron chi connectivity index (χ3n) is 3.50. The van der Waals surface area contributed by atoms with Gasteiger partial charge in [-0.25, -0.2) is 0 Å². The highest BCUT2D eigenvalue weighted by Gasteiger charge is 2.20. The summed E-state index contributed by atoms with van der Waals surface area (Å²) in [7, 11) is 0. The van der Waals surface area contributed by atoms with Gasteiger partial charge >= 0.3 is 0 Å². The van der Waals surface area contributed by atoms with Crippen LogP contribution in [0.15, 0.2) is 47.4 Å². The Balaban J connectivity index is 1.73. The molecule has 1 atom stereocenters. The Hall–Kier alpha value is -1.16. The van der Waals surface area contributed by atoms with Crippen LogP contribution < -0.4 is 5.32 Å². The van der Waals surface area contributed by atoms with Crippen molar-refractivity contribution in [3.8, 4) is 5.75 Å². The highest BCUT2D eigenvalue weighted by Crippen LogP contribution is 2.37. The van der Waals surface area contributed by atoms with Gasteiger partial charge in [0.25, 0.3) is 0 Å². The first-order valence-corrected chi connectivity index (χ1v) is 8.02. The molecule has 1 aliphatic rings. The van der Waals surface area contributed by atoms with Crippen LogP contribution in [0.2, 0.25) is 5.02 Å². The highest BCUT2D eigenvalue weighted by atomic mass is 35.5. The molecule has 1 unspecified atom stereocenters. The first-order valence-electron chi connectivity index (χ1n) is 6.66. The van der Waals surface area contributed by atoms with E-state index in [1.54, 1.807) is 12.1 Å². The zero-order valence-corrected chi connectivity index (χ0v) is 12.5. The first kappa shape index (κ1) is 13.8. The molecule has 2 N–H and O–H groups in total. The van der Waals surface area contributed by atoms with E-state index in [9.17, 15) is 5.11 Å². The Labute approximate surface area is 128 Å². The summed E-state index contributed by atoms with van der Waals surface area (Å²) in [5, 5.41) is 13.7. The van der Waals surface area contributed by atoms with Gasteiger partial charge in [0.2, 0.25) is 0 Å². The molecule has 104 valence electrons. The summed E-state index contributed by atoms with van der Waals surface area (Å²) in [6.07, 6.45) is 1.11. The average molecular weight is 306 g/mol. The number of rotatable bonds is 3. The predicted molar refractivity (Wildman–Crippen MR) is 84.5 cm³/mol. The minimum Gasteiger partial charge on any atom is -0.508 e. The van der Waals surface area contributed by atoms with E-state index in [-0.39, 0.29) is 0 Å². The molecular weight excluding hydrogens is 290 g/mol. The molecular formula is C16H16ClNOS. The van der Waals surface area contributed by atoms with E-state index in [1.165, 1.54) is 16.0 Å². The van der Waals surface area contributed by atoms with E-state index in [0.717, 1.165) is 23.7 Å². The molecule has 3 rings (SSSR count). The number of nitrogens with one attached hydrogen (secondary N) is 1. The Morgan fingerprint density at radius 3 is 2.80 bits per heavy atom. The van der Waals surface area contributed by atoms with Gasteiger partial charge in [0.1, 0.15) is 5.75 Å². The molecule has 2 aromatic rings. The monoisotopic (exact) mass is 305 g/mol. The molecule has 0 radical (unpaired) electrons. The van der Waals surface area contributed by atoms with Gasteiger partial charge < -0.3 is 10.4 Å². The summed E-state index contributed by atoms with van der Waals surface area (Å²) >= 11 is 8.00.